The lowest BCUT2D eigenvalue weighted by Crippen LogP contribution is -2.33. The zero-order valence-electron chi connectivity index (χ0n) is 65.4. The maximum Gasteiger partial charge on any atom is 0.312 e. The van der Waals surface area contributed by atoms with Crippen LogP contribution in [0.1, 0.15) is 510 Å². The molecule has 2 unspecified atom stereocenters. The first-order valence-corrected chi connectivity index (χ1v) is 44.2. The van der Waals surface area contributed by atoms with E-state index in [4.69, 9.17) is 9.47 Å². The largest absolute Gasteiger partial charge is 0.469 e. The van der Waals surface area contributed by atoms with Crippen molar-refractivity contribution in [1.82, 2.24) is 0 Å². The van der Waals surface area contributed by atoms with Crippen LogP contribution in [0, 0.1) is 29.6 Å². The zero-order valence-corrected chi connectivity index (χ0v) is 65.4. The molecule has 0 aromatic heterocycles. The summed E-state index contributed by atoms with van der Waals surface area (Å²) in [7, 11) is 1.48. The van der Waals surface area contributed by atoms with Crippen molar-refractivity contribution in [3.8, 4) is 0 Å². The molecular weight excluding hydrogens is 1150 g/mol. The van der Waals surface area contributed by atoms with Gasteiger partial charge in [0.05, 0.1) is 19.1 Å². The summed E-state index contributed by atoms with van der Waals surface area (Å²) in [5.74, 6) is 2.73. The van der Waals surface area contributed by atoms with Gasteiger partial charge in [-0.1, -0.05) is 464 Å². The molecule has 1 rings (SSSR count). The van der Waals surface area contributed by atoms with Crippen molar-refractivity contribution in [2.75, 3.05) is 7.11 Å². The number of rotatable bonds is 80. The number of hydrogen-bond acceptors (Lipinski definition) is 5. The fraction of sp³-hybridized carbons (Fsp3) is 0.978. The van der Waals surface area contributed by atoms with E-state index in [1.165, 1.54) is 444 Å². The quantitative estimate of drug-likeness (QED) is 0.0485. The fourth-order valence-corrected chi connectivity index (χ4v) is 16.3. The van der Waals surface area contributed by atoms with E-state index >= 15 is 0 Å². The van der Waals surface area contributed by atoms with E-state index < -0.39 is 0 Å². The molecule has 0 saturated heterocycles. The van der Waals surface area contributed by atoms with Crippen molar-refractivity contribution in [2.45, 2.75) is 522 Å². The van der Waals surface area contributed by atoms with Gasteiger partial charge in [0.2, 0.25) is 0 Å². The highest BCUT2D eigenvalue weighted by molar-refractivity contribution is 5.74. The van der Waals surface area contributed by atoms with Gasteiger partial charge in [-0.25, -0.2) is 0 Å². The van der Waals surface area contributed by atoms with Crippen LogP contribution in [-0.4, -0.2) is 36.4 Å². The van der Waals surface area contributed by atoms with Gasteiger partial charge in [-0.3, -0.25) is 9.59 Å². The van der Waals surface area contributed by atoms with E-state index in [1.54, 1.807) is 0 Å². The van der Waals surface area contributed by atoms with Crippen molar-refractivity contribution in [3.63, 3.8) is 0 Å². The summed E-state index contributed by atoms with van der Waals surface area (Å²) in [6.07, 6.45) is 101. The molecule has 1 fully saturated rings. The van der Waals surface area contributed by atoms with Gasteiger partial charge in [0.25, 0.3) is 0 Å². The van der Waals surface area contributed by atoms with E-state index in [9.17, 15) is 14.7 Å². The second-order valence-electron chi connectivity index (χ2n) is 32.0. The Balaban J connectivity index is 1.90. The highest BCUT2D eigenvalue weighted by atomic mass is 16.6. The van der Waals surface area contributed by atoms with Crippen LogP contribution in [0.3, 0.4) is 0 Å². The molecule has 0 heterocycles. The number of esters is 2. The molecule has 7 atom stereocenters. The number of aliphatic hydroxyl groups is 1. The van der Waals surface area contributed by atoms with Crippen molar-refractivity contribution < 1.29 is 24.2 Å². The average molecular weight is 1320 g/mol. The monoisotopic (exact) mass is 1320 g/mol. The van der Waals surface area contributed by atoms with Crippen LogP contribution in [0.15, 0.2) is 0 Å². The molecule has 0 aromatic rings. The lowest BCUT2D eigenvalue weighted by Gasteiger charge is -2.25. The molecule has 94 heavy (non-hydrogen) atoms. The molecule has 5 heteroatoms. The lowest BCUT2D eigenvalue weighted by atomic mass is 9.91. The second-order valence-corrected chi connectivity index (χ2v) is 32.0. The standard InChI is InChI=1S/C89H174O5/c1-7-10-12-14-16-18-20-22-24-26-27-28-29-30-31-36-40-47-53-59-65-71-77-85(89(92)93-6)88(94-82(5)90)79-73-67-61-55-49-43-42-45-51-57-63-69-75-83(9-3)86-80-84(86)76-70-64-58-52-46-39-35-32-33-37-41-48-54-60-66-72-78-87(91)81(4)74-68-62-56-50-44-38-34-25-23-21-19-17-15-13-11-8-2/h81,83-88,91H,7-80H2,1-6H3/t81-,83?,84-,85?,86-,87-,88+/m0/s1. The molecular formula is C89H174O5. The molecule has 560 valence electrons. The Morgan fingerprint density at radius 1 is 0.340 bits per heavy atom. The van der Waals surface area contributed by atoms with Gasteiger partial charge in [-0.2, -0.15) is 0 Å². The molecule has 0 aromatic carbocycles. The van der Waals surface area contributed by atoms with Crippen molar-refractivity contribution >= 4 is 11.9 Å². The number of unbranched alkanes of at least 4 members (excludes halogenated alkanes) is 62. The fourth-order valence-electron chi connectivity index (χ4n) is 16.3. The lowest BCUT2D eigenvalue weighted by molar-refractivity contribution is -0.160. The predicted octanol–water partition coefficient (Wildman–Crippen LogP) is 30.5. The van der Waals surface area contributed by atoms with Crippen molar-refractivity contribution in [2.24, 2.45) is 29.6 Å². The summed E-state index contributed by atoms with van der Waals surface area (Å²) >= 11 is 0. The van der Waals surface area contributed by atoms with Gasteiger partial charge < -0.3 is 14.6 Å². The molecule has 1 aliphatic rings. The van der Waals surface area contributed by atoms with E-state index in [1.807, 2.05) is 0 Å². The van der Waals surface area contributed by atoms with Crippen LogP contribution in [0.2, 0.25) is 0 Å². The SMILES string of the molecule is CCCCCCCCCCCCCCCCCCCCCCCCC(C(=O)OC)[C@@H](CCCCCCCCCCCCCCC(CC)[C@@H]1C[C@@H]1CCCCCCCCCCCCCCCCCC[C@H](O)[C@@H](C)CCCCCCCCCCCCCCCCCC)OC(C)=O. The maximum absolute atomic E-state index is 12.9. The molecule has 0 aliphatic heterocycles. The van der Waals surface area contributed by atoms with Crippen LogP contribution in [0.5, 0.6) is 0 Å². The number of aliphatic hydroxyl groups excluding tert-OH is 1. The van der Waals surface area contributed by atoms with Gasteiger partial charge in [0.1, 0.15) is 6.10 Å². The van der Waals surface area contributed by atoms with Crippen LogP contribution in [0.4, 0.5) is 0 Å². The van der Waals surface area contributed by atoms with Crippen molar-refractivity contribution in [1.29, 1.82) is 0 Å². The first-order chi connectivity index (χ1) is 46.3. The Morgan fingerprint density at radius 2 is 0.596 bits per heavy atom. The summed E-state index contributed by atoms with van der Waals surface area (Å²) < 4.78 is 11.0. The molecule has 1 aliphatic carbocycles. The van der Waals surface area contributed by atoms with Gasteiger partial charge in [0, 0.05) is 6.92 Å². The Bertz CT molecular complexity index is 1500. The molecule has 5 nitrogen and oxygen atoms in total. The van der Waals surface area contributed by atoms with Crippen LogP contribution in [-0.2, 0) is 19.1 Å². The number of ether oxygens (including phenoxy) is 2. The highest BCUT2D eigenvalue weighted by Crippen LogP contribution is 2.50. The van der Waals surface area contributed by atoms with Crippen LogP contribution < -0.4 is 0 Å². The van der Waals surface area contributed by atoms with Gasteiger partial charge in [-0.05, 0) is 62.2 Å². The zero-order chi connectivity index (χ0) is 67.9. The Morgan fingerprint density at radius 3 is 0.883 bits per heavy atom. The Hall–Kier alpha value is -1.10. The number of carbonyl (C=O) groups is 2. The third kappa shape index (κ3) is 61.9. The van der Waals surface area contributed by atoms with Gasteiger partial charge in [0.15, 0.2) is 0 Å². The molecule has 0 spiro atoms. The van der Waals surface area contributed by atoms with Crippen LogP contribution in [0.25, 0.3) is 0 Å². The summed E-state index contributed by atoms with van der Waals surface area (Å²) in [5, 5.41) is 10.7. The first kappa shape index (κ1) is 90.9. The predicted molar refractivity (Wildman–Crippen MR) is 415 cm³/mol. The third-order valence-electron chi connectivity index (χ3n) is 23.1. The highest BCUT2D eigenvalue weighted by Gasteiger charge is 2.40. The molecule has 0 radical (unpaired) electrons. The summed E-state index contributed by atoms with van der Waals surface area (Å²) in [4.78, 5) is 25.1. The summed E-state index contributed by atoms with van der Waals surface area (Å²) in [6.45, 7) is 10.8. The minimum atomic E-state index is -0.364. The number of hydrogen-bond donors (Lipinski definition) is 1. The first-order valence-electron chi connectivity index (χ1n) is 44.2. The minimum Gasteiger partial charge on any atom is -0.469 e. The Kier molecular flexibility index (Phi) is 70.7. The van der Waals surface area contributed by atoms with Crippen molar-refractivity contribution in [3.05, 3.63) is 0 Å². The second kappa shape index (κ2) is 73.1. The van der Waals surface area contributed by atoms with Gasteiger partial charge in [-0.15, -0.1) is 0 Å². The van der Waals surface area contributed by atoms with Crippen LogP contribution >= 0.6 is 0 Å². The molecule has 0 amide bonds. The topological polar surface area (TPSA) is 72.8 Å². The summed E-state index contributed by atoms with van der Waals surface area (Å²) in [5.41, 5.74) is 0. The molecule has 1 N–H and O–H groups in total. The Labute approximate surface area is 591 Å². The normalized spacial score (nSPS) is 15.6. The summed E-state index contributed by atoms with van der Waals surface area (Å²) in [6, 6.07) is 0. The maximum atomic E-state index is 12.9. The van der Waals surface area contributed by atoms with Gasteiger partial charge >= 0.3 is 11.9 Å². The van der Waals surface area contributed by atoms with E-state index in [0.717, 1.165) is 62.7 Å². The average Bonchev–Trinajstić information content (AvgIpc) is 1.69. The smallest absolute Gasteiger partial charge is 0.312 e. The van der Waals surface area contributed by atoms with E-state index in [2.05, 4.69) is 27.7 Å². The minimum absolute atomic E-state index is 0.0830. The molecule has 1 saturated carbocycles. The number of carbonyl (C=O) groups excluding carboxylic acids is 2. The van der Waals surface area contributed by atoms with E-state index in [-0.39, 0.29) is 30.1 Å². The third-order valence-corrected chi connectivity index (χ3v) is 23.1. The van der Waals surface area contributed by atoms with E-state index in [0.29, 0.717) is 5.92 Å². The number of methoxy groups -OCH3 is 1. The molecule has 0 bridgehead atoms.